The summed E-state index contributed by atoms with van der Waals surface area (Å²) in [4.78, 5) is 2.59. The normalized spacial score (nSPS) is 20.5. The average Bonchev–Trinajstić information content (AvgIpc) is 2.39. The Morgan fingerprint density at radius 3 is 2.90 bits per heavy atom. The van der Waals surface area contributed by atoms with Crippen molar-refractivity contribution in [3.05, 3.63) is 35.4 Å². The van der Waals surface area contributed by atoms with E-state index in [-0.39, 0.29) is 0 Å². The van der Waals surface area contributed by atoms with Gasteiger partial charge >= 0.3 is 0 Å². The Morgan fingerprint density at radius 1 is 1.35 bits per heavy atom. The Kier molecular flexibility index (Phi) is 6.40. The molecule has 2 rings (SSSR count). The van der Waals surface area contributed by atoms with Crippen LogP contribution in [0.3, 0.4) is 0 Å². The fourth-order valence-corrected chi connectivity index (χ4v) is 3.72. The van der Waals surface area contributed by atoms with E-state index in [1.54, 1.807) is 0 Å². The minimum Gasteiger partial charge on any atom is -0.312 e. The lowest BCUT2D eigenvalue weighted by molar-refractivity contribution is 0.278. The fraction of sp³-hybridized carbons (Fsp3) is 0.647. The van der Waals surface area contributed by atoms with Crippen molar-refractivity contribution < 1.29 is 0 Å². The van der Waals surface area contributed by atoms with Gasteiger partial charge in [-0.1, -0.05) is 45.0 Å². The lowest BCUT2D eigenvalue weighted by atomic mass is 10.1. The van der Waals surface area contributed by atoms with Crippen molar-refractivity contribution in [1.29, 1.82) is 0 Å². The molecule has 0 saturated carbocycles. The number of benzene rings is 1. The van der Waals surface area contributed by atoms with Gasteiger partial charge < -0.3 is 5.32 Å². The molecule has 2 nitrogen and oxygen atoms in total. The summed E-state index contributed by atoms with van der Waals surface area (Å²) in [7, 11) is 0. The maximum absolute atomic E-state index is 3.52. The lowest BCUT2D eigenvalue weighted by Crippen LogP contribution is -2.36. The molecule has 1 aromatic carbocycles. The van der Waals surface area contributed by atoms with Crippen LogP contribution in [0, 0.1) is 5.92 Å². The molecule has 1 saturated heterocycles. The summed E-state index contributed by atoms with van der Waals surface area (Å²) < 4.78 is 0. The second-order valence-corrected chi connectivity index (χ2v) is 7.81. The molecule has 1 fully saturated rings. The van der Waals surface area contributed by atoms with Gasteiger partial charge in [0.05, 0.1) is 0 Å². The molecule has 3 heteroatoms. The zero-order chi connectivity index (χ0) is 14.4. The van der Waals surface area contributed by atoms with E-state index < -0.39 is 0 Å². The highest BCUT2D eigenvalue weighted by Gasteiger charge is 2.16. The van der Waals surface area contributed by atoms with Crippen LogP contribution in [0.2, 0.25) is 0 Å². The van der Waals surface area contributed by atoms with Crippen molar-refractivity contribution in [3.63, 3.8) is 0 Å². The summed E-state index contributed by atoms with van der Waals surface area (Å²) in [6.07, 6.45) is 0. The van der Waals surface area contributed by atoms with Crippen molar-refractivity contribution in [2.75, 3.05) is 25.4 Å². The van der Waals surface area contributed by atoms with E-state index >= 15 is 0 Å². The minimum absolute atomic E-state index is 0.713. The van der Waals surface area contributed by atoms with Gasteiger partial charge in [-0.3, -0.25) is 4.90 Å². The van der Waals surface area contributed by atoms with E-state index in [2.05, 4.69) is 67.0 Å². The first-order valence-corrected chi connectivity index (χ1v) is 8.81. The highest BCUT2D eigenvalue weighted by Crippen LogP contribution is 2.19. The standard InChI is InChI=1S/C17H28N2S/c1-14(2)10-18-11-16-5-4-6-17(9-16)13-19-7-8-20-15(3)12-19/h4-6,9,14-15,18H,7-8,10-13H2,1-3H3. The lowest BCUT2D eigenvalue weighted by Gasteiger charge is -2.30. The van der Waals surface area contributed by atoms with Gasteiger partial charge in [0, 0.05) is 37.2 Å². The number of hydrogen-bond acceptors (Lipinski definition) is 3. The predicted octanol–water partition coefficient (Wildman–Crippen LogP) is 3.37. The van der Waals surface area contributed by atoms with Gasteiger partial charge in [-0.25, -0.2) is 0 Å². The van der Waals surface area contributed by atoms with Crippen molar-refractivity contribution >= 4 is 11.8 Å². The van der Waals surface area contributed by atoms with Crippen molar-refractivity contribution in [2.45, 2.75) is 39.1 Å². The van der Waals surface area contributed by atoms with E-state index in [4.69, 9.17) is 0 Å². The van der Waals surface area contributed by atoms with E-state index in [9.17, 15) is 0 Å². The molecule has 0 spiro atoms. The summed E-state index contributed by atoms with van der Waals surface area (Å²) in [5, 5.41) is 4.30. The molecule has 1 N–H and O–H groups in total. The summed E-state index contributed by atoms with van der Waals surface area (Å²) in [6, 6.07) is 9.05. The summed E-state index contributed by atoms with van der Waals surface area (Å²) in [5.41, 5.74) is 2.86. The second kappa shape index (κ2) is 8.06. The SMILES string of the molecule is CC(C)CNCc1cccc(CN2CCSC(C)C2)c1. The Hall–Kier alpha value is -0.510. The predicted molar refractivity (Wildman–Crippen MR) is 90.2 cm³/mol. The number of nitrogens with one attached hydrogen (secondary N) is 1. The molecule has 0 amide bonds. The third kappa shape index (κ3) is 5.47. The van der Waals surface area contributed by atoms with Crippen LogP contribution in [0.5, 0.6) is 0 Å². The van der Waals surface area contributed by atoms with Gasteiger partial charge in [0.1, 0.15) is 0 Å². The largest absolute Gasteiger partial charge is 0.312 e. The third-order valence-electron chi connectivity index (χ3n) is 3.60. The number of nitrogens with zero attached hydrogens (tertiary/aromatic N) is 1. The van der Waals surface area contributed by atoms with Crippen LogP contribution in [0.4, 0.5) is 0 Å². The molecule has 1 aliphatic rings. The monoisotopic (exact) mass is 292 g/mol. The van der Waals surface area contributed by atoms with Crippen LogP contribution in [0.15, 0.2) is 24.3 Å². The molecule has 0 bridgehead atoms. The molecule has 0 aromatic heterocycles. The molecule has 1 heterocycles. The molecule has 1 unspecified atom stereocenters. The van der Waals surface area contributed by atoms with Gasteiger partial charge in [-0.15, -0.1) is 0 Å². The molecule has 0 aliphatic carbocycles. The summed E-state index contributed by atoms with van der Waals surface area (Å²) in [6.45, 7) is 12.5. The maximum atomic E-state index is 3.52. The first-order chi connectivity index (χ1) is 9.63. The zero-order valence-corrected chi connectivity index (χ0v) is 13.9. The molecular weight excluding hydrogens is 264 g/mol. The molecular formula is C17H28N2S. The van der Waals surface area contributed by atoms with Gasteiger partial charge in [0.15, 0.2) is 0 Å². The van der Waals surface area contributed by atoms with E-state index in [1.165, 1.54) is 30.0 Å². The van der Waals surface area contributed by atoms with E-state index in [0.717, 1.165) is 24.9 Å². The van der Waals surface area contributed by atoms with Gasteiger partial charge in [-0.2, -0.15) is 11.8 Å². The highest BCUT2D eigenvalue weighted by atomic mass is 32.2. The van der Waals surface area contributed by atoms with E-state index in [0.29, 0.717) is 5.92 Å². The number of hydrogen-bond donors (Lipinski definition) is 1. The van der Waals surface area contributed by atoms with Crippen molar-refractivity contribution in [3.8, 4) is 0 Å². The fourth-order valence-electron chi connectivity index (χ4n) is 2.64. The van der Waals surface area contributed by atoms with Crippen LogP contribution >= 0.6 is 11.8 Å². The second-order valence-electron chi connectivity index (χ2n) is 6.26. The summed E-state index contributed by atoms with van der Waals surface area (Å²) >= 11 is 2.10. The number of thioether (sulfide) groups is 1. The third-order valence-corrected chi connectivity index (χ3v) is 4.74. The minimum atomic E-state index is 0.713. The Balaban J connectivity index is 1.85. The van der Waals surface area contributed by atoms with E-state index in [1.807, 2.05) is 0 Å². The molecule has 0 radical (unpaired) electrons. The number of rotatable bonds is 6. The summed E-state index contributed by atoms with van der Waals surface area (Å²) in [5.74, 6) is 1.99. The average molecular weight is 292 g/mol. The van der Waals surface area contributed by atoms with Gasteiger partial charge in [-0.05, 0) is 23.6 Å². The first kappa shape index (κ1) is 15.9. The van der Waals surface area contributed by atoms with Crippen LogP contribution in [0.1, 0.15) is 31.9 Å². The van der Waals surface area contributed by atoms with Crippen molar-refractivity contribution in [1.82, 2.24) is 10.2 Å². The van der Waals surface area contributed by atoms with Crippen LogP contribution in [-0.2, 0) is 13.1 Å². The molecule has 1 aromatic rings. The Labute approximate surface area is 128 Å². The topological polar surface area (TPSA) is 15.3 Å². The van der Waals surface area contributed by atoms with Crippen LogP contribution < -0.4 is 5.32 Å². The van der Waals surface area contributed by atoms with Crippen molar-refractivity contribution in [2.24, 2.45) is 5.92 Å². The van der Waals surface area contributed by atoms with Gasteiger partial charge in [0.2, 0.25) is 0 Å². The smallest absolute Gasteiger partial charge is 0.0234 e. The quantitative estimate of drug-likeness (QED) is 0.865. The van der Waals surface area contributed by atoms with Crippen LogP contribution in [-0.4, -0.2) is 35.5 Å². The Morgan fingerprint density at radius 2 is 2.15 bits per heavy atom. The van der Waals surface area contributed by atoms with Crippen LogP contribution in [0.25, 0.3) is 0 Å². The first-order valence-electron chi connectivity index (χ1n) is 7.76. The molecule has 112 valence electrons. The highest BCUT2D eigenvalue weighted by molar-refractivity contribution is 7.99. The zero-order valence-electron chi connectivity index (χ0n) is 13.1. The molecule has 1 aliphatic heterocycles. The Bertz CT molecular complexity index is 406. The molecule has 20 heavy (non-hydrogen) atoms. The van der Waals surface area contributed by atoms with Gasteiger partial charge in [0.25, 0.3) is 0 Å². The maximum Gasteiger partial charge on any atom is 0.0234 e. The molecule has 1 atom stereocenters.